The van der Waals surface area contributed by atoms with Gasteiger partial charge in [-0.25, -0.2) is 4.39 Å². The predicted octanol–water partition coefficient (Wildman–Crippen LogP) is 8.91. The van der Waals surface area contributed by atoms with E-state index in [0.29, 0.717) is 18.1 Å². The van der Waals surface area contributed by atoms with Gasteiger partial charge in [-0.05, 0) is 86.0 Å². The molecule has 2 aliphatic carbocycles. The molecule has 1 nitrogen and oxygen atoms in total. The first-order valence-corrected chi connectivity index (χ1v) is 12.8. The fourth-order valence-electron chi connectivity index (χ4n) is 6.19. The first kappa shape index (κ1) is 23.3. The van der Waals surface area contributed by atoms with Crippen molar-refractivity contribution in [1.29, 1.82) is 0 Å². The summed E-state index contributed by atoms with van der Waals surface area (Å²) in [5, 5.41) is 0. The Hall–Kier alpha value is -1.90. The Morgan fingerprint density at radius 1 is 0.812 bits per heavy atom. The van der Waals surface area contributed by atoms with Crippen LogP contribution in [0.4, 0.5) is 8.78 Å². The standard InChI is InChI=1S/C29H38F2O/c1-3-5-6-7-20-8-9-25-19-24(15-14-23(25)18-20)21-10-12-22(13-11-21)26-16-17-27(32-4-2)29(31)28(26)30/h10-13,16-17,20,23-25H,3-9,14-15,18-19H2,1-2H3. The second kappa shape index (κ2) is 10.8. The summed E-state index contributed by atoms with van der Waals surface area (Å²) in [6.07, 6.45) is 13.7. The fourth-order valence-corrected chi connectivity index (χ4v) is 6.19. The average molecular weight is 441 g/mol. The lowest BCUT2D eigenvalue weighted by molar-refractivity contribution is 0.113. The van der Waals surface area contributed by atoms with Crippen LogP contribution >= 0.6 is 0 Å². The first-order valence-electron chi connectivity index (χ1n) is 12.8. The Balaban J connectivity index is 1.38. The third kappa shape index (κ3) is 5.18. The highest BCUT2D eigenvalue weighted by molar-refractivity contribution is 5.65. The molecule has 0 aromatic heterocycles. The minimum absolute atomic E-state index is 0.0257. The summed E-state index contributed by atoms with van der Waals surface area (Å²) in [6, 6.07) is 11.3. The van der Waals surface area contributed by atoms with E-state index >= 15 is 0 Å². The topological polar surface area (TPSA) is 9.23 Å². The van der Waals surface area contributed by atoms with Gasteiger partial charge in [0.1, 0.15) is 0 Å². The SMILES string of the molecule is CCCCCC1CCC2CC(c3ccc(-c4ccc(OCC)c(F)c4F)cc3)CCC2C1. The van der Waals surface area contributed by atoms with Gasteiger partial charge in [-0.1, -0.05) is 63.3 Å². The summed E-state index contributed by atoms with van der Waals surface area (Å²) in [5.74, 6) is 1.59. The second-order valence-corrected chi connectivity index (χ2v) is 10.00. The van der Waals surface area contributed by atoms with Gasteiger partial charge in [-0.3, -0.25) is 0 Å². The zero-order valence-corrected chi connectivity index (χ0v) is 19.7. The van der Waals surface area contributed by atoms with Crippen molar-refractivity contribution in [3.63, 3.8) is 0 Å². The molecule has 0 radical (unpaired) electrons. The maximum absolute atomic E-state index is 14.6. The highest BCUT2D eigenvalue weighted by Gasteiger charge is 2.35. The van der Waals surface area contributed by atoms with E-state index in [1.54, 1.807) is 13.0 Å². The molecule has 3 heteroatoms. The third-order valence-corrected chi connectivity index (χ3v) is 7.98. The van der Waals surface area contributed by atoms with Gasteiger partial charge in [0.15, 0.2) is 11.6 Å². The van der Waals surface area contributed by atoms with E-state index in [2.05, 4.69) is 19.1 Å². The molecule has 2 fully saturated rings. The van der Waals surface area contributed by atoms with Crippen LogP contribution in [-0.2, 0) is 0 Å². The number of hydrogen-bond acceptors (Lipinski definition) is 1. The molecule has 2 aliphatic rings. The molecule has 174 valence electrons. The molecule has 4 rings (SSSR count). The monoisotopic (exact) mass is 440 g/mol. The zero-order chi connectivity index (χ0) is 22.5. The average Bonchev–Trinajstić information content (AvgIpc) is 2.82. The predicted molar refractivity (Wildman–Crippen MR) is 128 cm³/mol. The van der Waals surface area contributed by atoms with E-state index in [1.165, 1.54) is 75.8 Å². The smallest absolute Gasteiger partial charge is 0.201 e. The van der Waals surface area contributed by atoms with Gasteiger partial charge < -0.3 is 4.74 Å². The molecule has 0 heterocycles. The van der Waals surface area contributed by atoms with E-state index in [9.17, 15) is 8.78 Å². The van der Waals surface area contributed by atoms with Crippen LogP contribution in [0.2, 0.25) is 0 Å². The van der Waals surface area contributed by atoms with Crippen LogP contribution in [0.1, 0.15) is 89.5 Å². The van der Waals surface area contributed by atoms with E-state index in [-0.39, 0.29) is 5.75 Å². The van der Waals surface area contributed by atoms with Gasteiger partial charge in [-0.15, -0.1) is 0 Å². The molecule has 2 saturated carbocycles. The summed E-state index contributed by atoms with van der Waals surface area (Å²) in [4.78, 5) is 0. The van der Waals surface area contributed by atoms with Crippen LogP contribution in [0.3, 0.4) is 0 Å². The molecule has 4 atom stereocenters. The molecule has 2 aromatic carbocycles. The zero-order valence-electron chi connectivity index (χ0n) is 19.7. The minimum Gasteiger partial charge on any atom is -0.491 e. The molecule has 4 unspecified atom stereocenters. The number of ether oxygens (including phenoxy) is 1. The number of unbranched alkanes of at least 4 members (excludes halogenated alkanes) is 2. The van der Waals surface area contributed by atoms with Gasteiger partial charge in [-0.2, -0.15) is 4.39 Å². The molecule has 0 N–H and O–H groups in total. The second-order valence-electron chi connectivity index (χ2n) is 10.00. The van der Waals surface area contributed by atoms with Crippen molar-refractivity contribution in [3.05, 3.63) is 53.6 Å². The molecule has 2 aromatic rings. The van der Waals surface area contributed by atoms with Crippen LogP contribution in [0.15, 0.2) is 36.4 Å². The molecule has 0 spiro atoms. The van der Waals surface area contributed by atoms with Crippen molar-refractivity contribution >= 4 is 0 Å². The van der Waals surface area contributed by atoms with Crippen LogP contribution < -0.4 is 4.74 Å². The van der Waals surface area contributed by atoms with Gasteiger partial charge in [0, 0.05) is 5.56 Å². The first-order chi connectivity index (χ1) is 15.6. The van der Waals surface area contributed by atoms with Gasteiger partial charge in [0.05, 0.1) is 6.61 Å². The van der Waals surface area contributed by atoms with Crippen molar-refractivity contribution in [2.75, 3.05) is 6.61 Å². The van der Waals surface area contributed by atoms with E-state index in [0.717, 1.165) is 23.3 Å². The number of halogens is 2. The lowest BCUT2D eigenvalue weighted by atomic mass is 9.63. The molecule has 0 aliphatic heterocycles. The summed E-state index contributed by atoms with van der Waals surface area (Å²) in [5.41, 5.74) is 2.36. The molecule has 0 amide bonds. The molecule has 0 bridgehead atoms. The lowest BCUT2D eigenvalue weighted by Crippen LogP contribution is -2.30. The maximum atomic E-state index is 14.6. The van der Waals surface area contributed by atoms with Crippen molar-refractivity contribution < 1.29 is 13.5 Å². The summed E-state index contributed by atoms with van der Waals surface area (Å²) < 4.78 is 34.0. The Morgan fingerprint density at radius 2 is 1.56 bits per heavy atom. The van der Waals surface area contributed by atoms with Gasteiger partial charge >= 0.3 is 0 Å². The van der Waals surface area contributed by atoms with Crippen LogP contribution in [0.5, 0.6) is 5.75 Å². The van der Waals surface area contributed by atoms with Gasteiger partial charge in [0.25, 0.3) is 0 Å². The van der Waals surface area contributed by atoms with E-state index in [4.69, 9.17) is 4.74 Å². The highest BCUT2D eigenvalue weighted by Crippen LogP contribution is 2.48. The Kier molecular flexibility index (Phi) is 7.86. The Morgan fingerprint density at radius 3 is 2.31 bits per heavy atom. The highest BCUT2D eigenvalue weighted by atomic mass is 19.2. The Labute approximate surface area is 192 Å². The summed E-state index contributed by atoms with van der Waals surface area (Å²) in [6.45, 7) is 4.36. The van der Waals surface area contributed by atoms with Crippen molar-refractivity contribution in [1.82, 2.24) is 0 Å². The minimum atomic E-state index is -0.906. The molecular formula is C29H38F2O. The summed E-state index contributed by atoms with van der Waals surface area (Å²) in [7, 11) is 0. The van der Waals surface area contributed by atoms with Gasteiger partial charge in [0.2, 0.25) is 5.82 Å². The molecule has 0 saturated heterocycles. The maximum Gasteiger partial charge on any atom is 0.201 e. The van der Waals surface area contributed by atoms with Crippen molar-refractivity contribution in [2.45, 2.75) is 84.0 Å². The summed E-state index contributed by atoms with van der Waals surface area (Å²) >= 11 is 0. The Bertz CT molecular complexity index is 875. The van der Waals surface area contributed by atoms with Crippen LogP contribution in [-0.4, -0.2) is 6.61 Å². The molecule has 32 heavy (non-hydrogen) atoms. The van der Waals surface area contributed by atoms with E-state index in [1.807, 2.05) is 12.1 Å². The van der Waals surface area contributed by atoms with Crippen LogP contribution in [0, 0.1) is 29.4 Å². The van der Waals surface area contributed by atoms with Crippen molar-refractivity contribution in [2.24, 2.45) is 17.8 Å². The number of benzene rings is 2. The largest absolute Gasteiger partial charge is 0.491 e. The van der Waals surface area contributed by atoms with E-state index < -0.39 is 11.6 Å². The third-order valence-electron chi connectivity index (χ3n) is 7.98. The normalized spacial score (nSPS) is 25.4. The van der Waals surface area contributed by atoms with Crippen molar-refractivity contribution in [3.8, 4) is 16.9 Å². The molecular weight excluding hydrogens is 402 g/mol. The number of rotatable bonds is 8. The quantitative estimate of drug-likeness (QED) is 0.372. The lowest BCUT2D eigenvalue weighted by Gasteiger charge is -2.42. The van der Waals surface area contributed by atoms with Crippen LogP contribution in [0.25, 0.3) is 11.1 Å². The number of fused-ring (bicyclic) bond motifs is 1. The number of hydrogen-bond donors (Lipinski definition) is 0. The fraction of sp³-hybridized carbons (Fsp3) is 0.586.